The van der Waals surface area contributed by atoms with Crippen LogP contribution in [0.2, 0.25) is 0 Å². The van der Waals surface area contributed by atoms with Crippen LogP contribution in [0.25, 0.3) is 11.0 Å². The minimum Gasteiger partial charge on any atom is -0.327 e. The molecule has 1 atom stereocenters. The van der Waals surface area contributed by atoms with Crippen LogP contribution in [0.15, 0.2) is 18.2 Å². The number of hydrogen-bond donors (Lipinski definition) is 0. The second-order valence-corrected chi connectivity index (χ2v) is 4.43. The lowest BCUT2D eigenvalue weighted by Crippen LogP contribution is -2.02. The molecule has 3 heteroatoms. The van der Waals surface area contributed by atoms with E-state index in [0.717, 1.165) is 17.9 Å². The van der Waals surface area contributed by atoms with Gasteiger partial charge in [0.15, 0.2) is 0 Å². The van der Waals surface area contributed by atoms with Crippen molar-refractivity contribution >= 4 is 22.6 Å². The van der Waals surface area contributed by atoms with Crippen LogP contribution in [-0.4, -0.2) is 9.55 Å². The lowest BCUT2D eigenvalue weighted by Gasteiger charge is -2.08. The quantitative estimate of drug-likeness (QED) is 0.709. The minimum absolute atomic E-state index is 0.0447. The maximum atomic E-state index is 6.13. The first-order chi connectivity index (χ1) is 7.15. The molecule has 0 aliphatic carbocycles. The molecule has 0 fully saturated rings. The second-order valence-electron chi connectivity index (χ2n) is 3.77. The summed E-state index contributed by atoms with van der Waals surface area (Å²) in [7, 11) is 0. The van der Waals surface area contributed by atoms with E-state index >= 15 is 0 Å². The molecule has 0 bridgehead atoms. The summed E-state index contributed by atoms with van der Waals surface area (Å²) in [6, 6.07) is 6.18. The molecule has 2 rings (SSSR count). The predicted octanol–water partition coefficient (Wildman–Crippen LogP) is 3.66. The molecule has 80 valence electrons. The van der Waals surface area contributed by atoms with Crippen LogP contribution in [0, 0.1) is 6.92 Å². The van der Waals surface area contributed by atoms with Crippen LogP contribution >= 0.6 is 11.6 Å². The highest BCUT2D eigenvalue weighted by Crippen LogP contribution is 2.26. The van der Waals surface area contributed by atoms with E-state index in [9.17, 15) is 0 Å². The highest BCUT2D eigenvalue weighted by molar-refractivity contribution is 6.20. The van der Waals surface area contributed by atoms with E-state index < -0.39 is 0 Å². The van der Waals surface area contributed by atoms with Crippen molar-refractivity contribution in [3.05, 3.63) is 29.6 Å². The highest BCUT2D eigenvalue weighted by Gasteiger charge is 2.14. The number of benzene rings is 1. The summed E-state index contributed by atoms with van der Waals surface area (Å²) in [6.45, 7) is 7.10. The van der Waals surface area contributed by atoms with Crippen LogP contribution in [0.4, 0.5) is 0 Å². The minimum atomic E-state index is -0.0447. The Labute approximate surface area is 94.9 Å². The lowest BCUT2D eigenvalue weighted by molar-refractivity contribution is 0.716. The summed E-state index contributed by atoms with van der Waals surface area (Å²) in [5.41, 5.74) is 3.51. The normalized spacial score (nSPS) is 13.3. The van der Waals surface area contributed by atoms with Gasteiger partial charge in [-0.1, -0.05) is 12.1 Å². The van der Waals surface area contributed by atoms with Crippen LogP contribution < -0.4 is 0 Å². The van der Waals surface area contributed by atoms with Gasteiger partial charge in [0, 0.05) is 6.54 Å². The van der Waals surface area contributed by atoms with Crippen molar-refractivity contribution in [2.45, 2.75) is 32.7 Å². The number of para-hydroxylation sites is 1. The molecule has 0 radical (unpaired) electrons. The molecule has 1 heterocycles. The Balaban J connectivity index is 2.80. The fourth-order valence-electron chi connectivity index (χ4n) is 2.01. The van der Waals surface area contributed by atoms with Gasteiger partial charge >= 0.3 is 0 Å². The van der Waals surface area contributed by atoms with E-state index in [2.05, 4.69) is 29.5 Å². The maximum Gasteiger partial charge on any atom is 0.127 e. The first-order valence-electron chi connectivity index (χ1n) is 5.25. The zero-order valence-corrected chi connectivity index (χ0v) is 10.0. The fraction of sp³-hybridized carbons (Fsp3) is 0.417. The van der Waals surface area contributed by atoms with E-state index in [-0.39, 0.29) is 5.38 Å². The Morgan fingerprint density at radius 2 is 2.20 bits per heavy atom. The topological polar surface area (TPSA) is 17.8 Å². The number of hydrogen-bond acceptors (Lipinski definition) is 1. The number of aromatic nitrogens is 2. The lowest BCUT2D eigenvalue weighted by atomic mass is 10.2. The molecule has 1 aromatic carbocycles. The number of imidazole rings is 1. The number of alkyl halides is 1. The summed E-state index contributed by atoms with van der Waals surface area (Å²) in [4.78, 5) is 4.57. The fourth-order valence-corrected chi connectivity index (χ4v) is 2.17. The van der Waals surface area contributed by atoms with Gasteiger partial charge in [-0.05, 0) is 32.4 Å². The summed E-state index contributed by atoms with van der Waals surface area (Å²) in [6.07, 6.45) is 0. The van der Waals surface area contributed by atoms with Gasteiger partial charge in [0.25, 0.3) is 0 Å². The van der Waals surface area contributed by atoms with Gasteiger partial charge in [0.1, 0.15) is 5.82 Å². The summed E-state index contributed by atoms with van der Waals surface area (Å²) in [5, 5.41) is -0.0447. The summed E-state index contributed by atoms with van der Waals surface area (Å²) >= 11 is 6.13. The third-order valence-electron chi connectivity index (χ3n) is 2.67. The molecule has 0 N–H and O–H groups in total. The van der Waals surface area contributed by atoms with Gasteiger partial charge in [-0.3, -0.25) is 0 Å². The standard InChI is InChI=1S/C12H15ClN2/c1-4-15-11-8(2)6-5-7-10(11)14-12(15)9(3)13/h5-7,9H,4H2,1-3H3. The zero-order chi connectivity index (χ0) is 11.0. The van der Waals surface area contributed by atoms with Gasteiger partial charge in [-0.15, -0.1) is 11.6 Å². The zero-order valence-electron chi connectivity index (χ0n) is 9.29. The largest absolute Gasteiger partial charge is 0.327 e. The van der Waals surface area contributed by atoms with Crippen molar-refractivity contribution in [3.8, 4) is 0 Å². The van der Waals surface area contributed by atoms with Crippen molar-refractivity contribution in [1.29, 1.82) is 0 Å². The third-order valence-corrected chi connectivity index (χ3v) is 2.87. The predicted molar refractivity (Wildman–Crippen MR) is 64.4 cm³/mol. The van der Waals surface area contributed by atoms with Gasteiger partial charge in [-0.25, -0.2) is 4.98 Å². The van der Waals surface area contributed by atoms with Crippen LogP contribution in [-0.2, 0) is 6.54 Å². The SMILES string of the molecule is CCn1c(C(C)Cl)nc2cccc(C)c21. The monoisotopic (exact) mass is 222 g/mol. The molecule has 1 aromatic heterocycles. The van der Waals surface area contributed by atoms with E-state index in [1.54, 1.807) is 0 Å². The first-order valence-corrected chi connectivity index (χ1v) is 5.68. The van der Waals surface area contributed by atoms with E-state index in [1.807, 2.05) is 19.1 Å². The van der Waals surface area contributed by atoms with Crippen molar-refractivity contribution in [2.24, 2.45) is 0 Å². The van der Waals surface area contributed by atoms with Gasteiger partial charge in [0.2, 0.25) is 0 Å². The van der Waals surface area contributed by atoms with Crippen molar-refractivity contribution in [2.75, 3.05) is 0 Å². The molecule has 0 saturated heterocycles. The van der Waals surface area contributed by atoms with Gasteiger partial charge in [-0.2, -0.15) is 0 Å². The maximum absolute atomic E-state index is 6.13. The van der Waals surface area contributed by atoms with Crippen LogP contribution in [0.3, 0.4) is 0 Å². The van der Waals surface area contributed by atoms with Crippen LogP contribution in [0.5, 0.6) is 0 Å². The van der Waals surface area contributed by atoms with E-state index in [0.29, 0.717) is 0 Å². The Morgan fingerprint density at radius 3 is 2.80 bits per heavy atom. The molecule has 0 aliphatic rings. The number of nitrogens with zero attached hydrogens (tertiary/aromatic N) is 2. The average Bonchev–Trinajstić information content (AvgIpc) is 2.57. The van der Waals surface area contributed by atoms with E-state index in [1.165, 1.54) is 11.1 Å². The molecule has 0 spiro atoms. The number of fused-ring (bicyclic) bond motifs is 1. The molecule has 1 unspecified atom stereocenters. The molecule has 0 amide bonds. The van der Waals surface area contributed by atoms with Crippen molar-refractivity contribution in [1.82, 2.24) is 9.55 Å². The Kier molecular flexibility index (Phi) is 2.70. The smallest absolute Gasteiger partial charge is 0.127 e. The van der Waals surface area contributed by atoms with E-state index in [4.69, 9.17) is 11.6 Å². The number of halogens is 1. The molecule has 0 aliphatic heterocycles. The van der Waals surface area contributed by atoms with Crippen LogP contribution in [0.1, 0.15) is 30.6 Å². The third kappa shape index (κ3) is 1.63. The molecule has 0 saturated carbocycles. The van der Waals surface area contributed by atoms with Crippen molar-refractivity contribution in [3.63, 3.8) is 0 Å². The van der Waals surface area contributed by atoms with Gasteiger partial charge in [0.05, 0.1) is 16.4 Å². The number of aryl methyl sites for hydroxylation is 2. The van der Waals surface area contributed by atoms with Gasteiger partial charge < -0.3 is 4.57 Å². The summed E-state index contributed by atoms with van der Waals surface area (Å²) in [5.74, 6) is 0.962. The molecule has 2 aromatic rings. The second kappa shape index (κ2) is 3.86. The summed E-state index contributed by atoms with van der Waals surface area (Å²) < 4.78 is 2.20. The molecule has 15 heavy (non-hydrogen) atoms. The Hall–Kier alpha value is -1.02. The van der Waals surface area contributed by atoms with Crippen molar-refractivity contribution < 1.29 is 0 Å². The molecular formula is C12H15ClN2. The Morgan fingerprint density at radius 1 is 1.47 bits per heavy atom. The molecule has 2 nitrogen and oxygen atoms in total. The first kappa shape index (κ1) is 10.5. The number of rotatable bonds is 2. The Bertz CT molecular complexity index is 486. The molecular weight excluding hydrogens is 208 g/mol. The highest BCUT2D eigenvalue weighted by atomic mass is 35.5. The average molecular weight is 223 g/mol.